The summed E-state index contributed by atoms with van der Waals surface area (Å²) in [5, 5.41) is 7.37. The number of rotatable bonds is 6. The predicted molar refractivity (Wildman–Crippen MR) is 134 cm³/mol. The molecule has 0 aromatic carbocycles. The van der Waals surface area contributed by atoms with Crippen molar-refractivity contribution < 1.29 is 43.8 Å². The van der Waals surface area contributed by atoms with Crippen LogP contribution in [0, 0.1) is 42.4 Å². The summed E-state index contributed by atoms with van der Waals surface area (Å²) in [6, 6.07) is 0. The zero-order chi connectivity index (χ0) is 21.0. The van der Waals surface area contributed by atoms with Gasteiger partial charge in [-0.25, -0.2) is 0 Å². The van der Waals surface area contributed by atoms with E-state index in [-0.39, 0.29) is 1.43 Å². The molecule has 0 aromatic heterocycles. The summed E-state index contributed by atoms with van der Waals surface area (Å²) in [5.74, 6) is 0. The third-order valence-electron chi connectivity index (χ3n) is 5.23. The van der Waals surface area contributed by atoms with Gasteiger partial charge >= 0.3 is 200 Å². The molecular formula is C22H43Si4Yb. The van der Waals surface area contributed by atoms with Crippen molar-refractivity contribution in [2.45, 2.75) is 91.4 Å². The molecule has 0 N–H and O–H groups in total. The standard InChI is InChI=1S/2C11H21Si2.Yb.H/c2*1-12(2,3)10-8-7-9-11(10)13(4,5)6;;/h2*8H,7H2,1-6H3;;/q;;+1;-1. The molecule has 0 saturated heterocycles. The van der Waals surface area contributed by atoms with Gasteiger partial charge in [0.05, 0.1) is 0 Å². The zero-order valence-corrected chi connectivity index (χ0v) is 25.6. The molecule has 2 rings (SSSR count). The van der Waals surface area contributed by atoms with E-state index in [1.54, 1.807) is 0 Å². The van der Waals surface area contributed by atoms with Crippen molar-refractivity contribution >= 4 is 32.3 Å². The SMILES string of the molecule is C[Si](C)(C)C1=CC[C]([Yb+][C]2=C([Si](C)(C)C)C([Si](C)(C)C)=CC2)=C1[Si](C)(C)C.[H-]. The molecule has 0 amide bonds. The van der Waals surface area contributed by atoms with E-state index < -0.39 is 32.3 Å². The first-order valence-electron chi connectivity index (χ1n) is 10.4. The Morgan fingerprint density at radius 3 is 1.07 bits per heavy atom. The van der Waals surface area contributed by atoms with Gasteiger partial charge in [-0.05, 0) is 0 Å². The van der Waals surface area contributed by atoms with Crippen LogP contribution in [0.15, 0.2) is 33.6 Å². The van der Waals surface area contributed by atoms with E-state index in [9.17, 15) is 0 Å². The molecule has 2 aliphatic carbocycles. The second kappa shape index (κ2) is 8.12. The topological polar surface area (TPSA) is 0 Å². The molecule has 0 nitrogen and oxygen atoms in total. The van der Waals surface area contributed by atoms with Gasteiger partial charge in [-0.1, -0.05) is 0 Å². The molecule has 0 atom stereocenters. The third kappa shape index (κ3) is 5.74. The fourth-order valence-corrected chi connectivity index (χ4v) is 22.3. The van der Waals surface area contributed by atoms with Gasteiger partial charge in [0.25, 0.3) is 0 Å². The largest absolute Gasteiger partial charge is 1.00 e. The average Bonchev–Trinajstić information content (AvgIpc) is 3.00. The van der Waals surface area contributed by atoms with Crippen LogP contribution in [0.5, 0.6) is 0 Å². The van der Waals surface area contributed by atoms with E-state index in [0.717, 1.165) is 0 Å². The molecule has 2 aliphatic rings. The van der Waals surface area contributed by atoms with Crippen LogP contribution in [0.25, 0.3) is 0 Å². The van der Waals surface area contributed by atoms with Gasteiger partial charge in [-0.15, -0.1) is 0 Å². The predicted octanol–water partition coefficient (Wildman–Crippen LogP) is 7.86. The Morgan fingerprint density at radius 2 is 0.852 bits per heavy atom. The van der Waals surface area contributed by atoms with E-state index in [1.807, 2.05) is 21.4 Å². The van der Waals surface area contributed by atoms with Gasteiger partial charge < -0.3 is 1.43 Å². The van der Waals surface area contributed by atoms with E-state index in [1.165, 1.54) is 12.8 Å². The average molecular weight is 593 g/mol. The maximum Gasteiger partial charge on any atom is -1.00 e. The summed E-state index contributed by atoms with van der Waals surface area (Å²) >= 11 is 0.635. The van der Waals surface area contributed by atoms with E-state index >= 15 is 0 Å². The molecule has 0 heterocycles. The van der Waals surface area contributed by atoms with Gasteiger partial charge in [0, 0.05) is 0 Å². The smallest absolute Gasteiger partial charge is 1.00 e. The van der Waals surface area contributed by atoms with Crippen LogP contribution in [0.2, 0.25) is 78.6 Å². The fourth-order valence-electron chi connectivity index (χ4n) is 4.15. The summed E-state index contributed by atoms with van der Waals surface area (Å²) in [4.78, 5) is 0. The van der Waals surface area contributed by atoms with Crippen molar-refractivity contribution in [3.05, 3.63) is 33.6 Å². The van der Waals surface area contributed by atoms with Crippen molar-refractivity contribution in [3.8, 4) is 0 Å². The number of hydrogen-bond donors (Lipinski definition) is 0. The van der Waals surface area contributed by atoms with E-state index in [0.29, 0.717) is 42.4 Å². The first-order valence-corrected chi connectivity index (χ1v) is 26.1. The number of hydrogen-bond acceptors (Lipinski definition) is 0. The molecule has 161 valence electrons. The van der Waals surface area contributed by atoms with Gasteiger partial charge in [0.15, 0.2) is 0 Å². The van der Waals surface area contributed by atoms with Crippen LogP contribution in [-0.2, 0) is 0 Å². The fraction of sp³-hybridized carbons (Fsp3) is 0.636. The summed E-state index contributed by atoms with van der Waals surface area (Å²) in [7, 11) is -5.14. The quantitative estimate of drug-likeness (QED) is 0.276. The molecule has 5 heteroatoms. The van der Waals surface area contributed by atoms with Gasteiger partial charge in [-0.2, -0.15) is 0 Å². The van der Waals surface area contributed by atoms with Crippen LogP contribution in [-0.4, -0.2) is 32.3 Å². The van der Waals surface area contributed by atoms with Crippen molar-refractivity contribution in [3.63, 3.8) is 0 Å². The molecule has 0 aromatic rings. The Morgan fingerprint density at radius 1 is 0.556 bits per heavy atom. The minimum Gasteiger partial charge on any atom is -1.00 e. The summed E-state index contributed by atoms with van der Waals surface area (Å²) < 4.78 is 3.70. The molecule has 0 radical (unpaired) electrons. The Hall–Kier alpha value is 1.35. The first-order chi connectivity index (χ1) is 11.9. The normalized spacial score (nSPS) is 20.0. The van der Waals surface area contributed by atoms with Gasteiger partial charge in [0.2, 0.25) is 0 Å². The third-order valence-corrected chi connectivity index (χ3v) is 17.3. The maximum atomic E-state index is 2.64. The molecule has 27 heavy (non-hydrogen) atoms. The van der Waals surface area contributed by atoms with Crippen molar-refractivity contribution in [1.29, 1.82) is 0 Å². The summed E-state index contributed by atoms with van der Waals surface area (Å²) in [6.45, 7) is 30.7. The van der Waals surface area contributed by atoms with Gasteiger partial charge in [0.1, 0.15) is 0 Å². The molecule has 0 saturated carbocycles. The zero-order valence-electron chi connectivity index (χ0n) is 20.8. The van der Waals surface area contributed by atoms with Gasteiger partial charge in [-0.3, -0.25) is 0 Å². The van der Waals surface area contributed by atoms with Crippen LogP contribution in [0.3, 0.4) is 0 Å². The molecule has 0 spiro atoms. The number of allylic oxidation sites excluding steroid dienone is 8. The molecule has 0 aliphatic heterocycles. The monoisotopic (exact) mass is 593 g/mol. The van der Waals surface area contributed by atoms with Crippen LogP contribution < -0.4 is 0 Å². The van der Waals surface area contributed by atoms with Crippen molar-refractivity contribution in [1.82, 2.24) is 0 Å². The summed E-state index contributed by atoms with van der Waals surface area (Å²) in [5.41, 5.74) is 0. The van der Waals surface area contributed by atoms with Crippen LogP contribution in [0.4, 0.5) is 0 Å². The van der Waals surface area contributed by atoms with Crippen molar-refractivity contribution in [2.24, 2.45) is 0 Å². The second-order valence-corrected chi connectivity index (χ2v) is 34.7. The van der Waals surface area contributed by atoms with E-state index in [4.69, 9.17) is 0 Å². The Kier molecular flexibility index (Phi) is 7.40. The molecule has 0 fully saturated rings. The molecule has 0 unspecified atom stereocenters. The Bertz CT molecular complexity index is 681. The molecular weight excluding hydrogens is 550 g/mol. The van der Waals surface area contributed by atoms with Crippen LogP contribution >= 0.6 is 0 Å². The van der Waals surface area contributed by atoms with Crippen molar-refractivity contribution in [2.75, 3.05) is 0 Å². The minimum atomic E-state index is -1.31. The maximum absolute atomic E-state index is 2.64. The second-order valence-electron chi connectivity index (χ2n) is 12.1. The first kappa shape index (κ1) is 24.6. The minimum absolute atomic E-state index is 0. The Balaban J connectivity index is 0.00000392. The molecule has 0 bridgehead atoms. The van der Waals surface area contributed by atoms with Crippen LogP contribution in [0.1, 0.15) is 14.3 Å². The van der Waals surface area contributed by atoms with E-state index in [2.05, 4.69) is 90.7 Å². The Labute approximate surface area is 198 Å². The summed E-state index contributed by atoms with van der Waals surface area (Å²) in [6.07, 6.45) is 7.79.